The largest absolute Gasteiger partial charge is 0.421 e. The lowest BCUT2D eigenvalue weighted by Crippen LogP contribution is -2.12. The second-order valence-corrected chi connectivity index (χ2v) is 13.3. The summed E-state index contributed by atoms with van der Waals surface area (Å²) in [7, 11) is 0. The van der Waals surface area contributed by atoms with Gasteiger partial charge in [-0.25, -0.2) is 0 Å². The molecule has 0 radical (unpaired) electrons. The molecule has 256 valence electrons. The number of ether oxygens (including phenoxy) is 1. The zero-order valence-electron chi connectivity index (χ0n) is 29.4. The molecule has 0 aliphatic heterocycles. The SMILES string of the molecule is N=C(OC(=N)c1ccc(-c2ccccc2-c2ccccc2-c2ccc3c(c2)c2ccccc2n3-c2cccc(-c3ccccc3)c2)cc1)c1ccccc1. The third kappa shape index (κ3) is 6.06. The number of benzene rings is 8. The minimum atomic E-state index is -0.0605. The topological polar surface area (TPSA) is 61.9 Å². The number of para-hydroxylation sites is 1. The van der Waals surface area contributed by atoms with Crippen molar-refractivity contribution in [3.63, 3.8) is 0 Å². The maximum Gasteiger partial charge on any atom is 0.221 e. The van der Waals surface area contributed by atoms with Crippen LogP contribution in [0.5, 0.6) is 0 Å². The van der Waals surface area contributed by atoms with Crippen LogP contribution < -0.4 is 0 Å². The van der Waals surface area contributed by atoms with Gasteiger partial charge in [-0.2, -0.15) is 0 Å². The Morgan fingerprint density at radius 2 is 0.870 bits per heavy atom. The smallest absolute Gasteiger partial charge is 0.221 e. The molecule has 9 rings (SSSR count). The fourth-order valence-electron chi connectivity index (χ4n) is 7.42. The highest BCUT2D eigenvalue weighted by atomic mass is 16.5. The van der Waals surface area contributed by atoms with Crippen molar-refractivity contribution in [2.45, 2.75) is 0 Å². The number of hydrogen-bond acceptors (Lipinski definition) is 3. The molecule has 4 heteroatoms. The fourth-order valence-corrected chi connectivity index (χ4v) is 7.42. The Bertz CT molecular complexity index is 2820. The molecule has 0 unspecified atom stereocenters. The molecular weight excluding hydrogens is 659 g/mol. The van der Waals surface area contributed by atoms with Crippen LogP contribution in [0, 0.1) is 10.8 Å². The average molecular weight is 694 g/mol. The minimum Gasteiger partial charge on any atom is -0.421 e. The quantitative estimate of drug-likeness (QED) is 0.127. The van der Waals surface area contributed by atoms with E-state index in [-0.39, 0.29) is 11.8 Å². The monoisotopic (exact) mass is 693 g/mol. The zero-order chi connectivity index (χ0) is 36.4. The van der Waals surface area contributed by atoms with Crippen molar-refractivity contribution in [2.75, 3.05) is 0 Å². The first-order valence-electron chi connectivity index (χ1n) is 18.0. The molecule has 0 amide bonds. The molecule has 0 fully saturated rings. The molecule has 0 aliphatic carbocycles. The van der Waals surface area contributed by atoms with Crippen LogP contribution in [0.3, 0.4) is 0 Å². The van der Waals surface area contributed by atoms with Crippen molar-refractivity contribution in [1.29, 1.82) is 10.8 Å². The van der Waals surface area contributed by atoms with Crippen molar-refractivity contribution in [3.05, 3.63) is 211 Å². The Kier molecular flexibility index (Phi) is 8.46. The van der Waals surface area contributed by atoms with E-state index in [1.54, 1.807) is 12.1 Å². The lowest BCUT2D eigenvalue weighted by molar-refractivity contribution is 0.538. The van der Waals surface area contributed by atoms with E-state index in [9.17, 15) is 0 Å². The van der Waals surface area contributed by atoms with Gasteiger partial charge in [-0.3, -0.25) is 10.8 Å². The second-order valence-electron chi connectivity index (χ2n) is 13.3. The predicted molar refractivity (Wildman–Crippen MR) is 224 cm³/mol. The number of rotatable bonds is 7. The Labute approximate surface area is 314 Å². The van der Waals surface area contributed by atoms with Crippen LogP contribution in [-0.2, 0) is 4.74 Å². The van der Waals surface area contributed by atoms with Gasteiger partial charge in [-0.05, 0) is 99.1 Å². The predicted octanol–water partition coefficient (Wildman–Crippen LogP) is 12.8. The summed E-state index contributed by atoms with van der Waals surface area (Å²) in [5.41, 5.74) is 13.8. The van der Waals surface area contributed by atoms with Crippen LogP contribution in [0.4, 0.5) is 0 Å². The van der Waals surface area contributed by atoms with Gasteiger partial charge in [0.05, 0.1) is 11.0 Å². The molecule has 4 nitrogen and oxygen atoms in total. The van der Waals surface area contributed by atoms with Crippen LogP contribution in [-0.4, -0.2) is 16.4 Å². The van der Waals surface area contributed by atoms with Gasteiger partial charge in [0.15, 0.2) is 0 Å². The molecule has 0 aliphatic rings. The maximum absolute atomic E-state index is 8.52. The van der Waals surface area contributed by atoms with E-state index in [0.29, 0.717) is 11.1 Å². The molecule has 0 saturated heterocycles. The van der Waals surface area contributed by atoms with Gasteiger partial charge in [0.1, 0.15) is 0 Å². The summed E-state index contributed by atoms with van der Waals surface area (Å²) in [5.74, 6) is -0.110. The lowest BCUT2D eigenvalue weighted by atomic mass is 9.89. The highest BCUT2D eigenvalue weighted by Gasteiger charge is 2.17. The van der Waals surface area contributed by atoms with Gasteiger partial charge in [-0.15, -0.1) is 0 Å². The van der Waals surface area contributed by atoms with Gasteiger partial charge in [-0.1, -0.05) is 146 Å². The van der Waals surface area contributed by atoms with Crippen molar-refractivity contribution in [3.8, 4) is 50.2 Å². The summed E-state index contributed by atoms with van der Waals surface area (Å²) in [6.07, 6.45) is 0. The van der Waals surface area contributed by atoms with Crippen molar-refractivity contribution < 1.29 is 4.74 Å². The fraction of sp³-hybridized carbons (Fsp3) is 0. The van der Waals surface area contributed by atoms with E-state index < -0.39 is 0 Å². The van der Waals surface area contributed by atoms with Gasteiger partial charge < -0.3 is 9.30 Å². The molecule has 0 atom stereocenters. The van der Waals surface area contributed by atoms with E-state index >= 15 is 0 Å². The molecule has 8 aromatic carbocycles. The van der Waals surface area contributed by atoms with E-state index in [0.717, 1.165) is 44.6 Å². The van der Waals surface area contributed by atoms with E-state index in [1.807, 2.05) is 42.5 Å². The summed E-state index contributed by atoms with van der Waals surface area (Å²) < 4.78 is 7.97. The third-order valence-electron chi connectivity index (χ3n) is 10.0. The van der Waals surface area contributed by atoms with Gasteiger partial charge in [0.2, 0.25) is 11.8 Å². The number of fused-ring (bicyclic) bond motifs is 3. The summed E-state index contributed by atoms with van der Waals surface area (Å²) in [5, 5.41) is 19.2. The molecule has 2 N–H and O–H groups in total. The first kappa shape index (κ1) is 32.6. The Morgan fingerprint density at radius 1 is 0.352 bits per heavy atom. The Morgan fingerprint density at radius 3 is 1.57 bits per heavy atom. The van der Waals surface area contributed by atoms with Gasteiger partial charge >= 0.3 is 0 Å². The van der Waals surface area contributed by atoms with Crippen molar-refractivity contribution in [1.82, 2.24) is 4.57 Å². The average Bonchev–Trinajstić information content (AvgIpc) is 3.58. The minimum absolute atomic E-state index is 0.0494. The summed E-state index contributed by atoms with van der Waals surface area (Å²) in [6, 6.07) is 68.9. The number of hydrogen-bond donors (Lipinski definition) is 2. The summed E-state index contributed by atoms with van der Waals surface area (Å²) >= 11 is 0. The second kappa shape index (κ2) is 14.0. The molecule has 54 heavy (non-hydrogen) atoms. The Balaban J connectivity index is 1.08. The van der Waals surface area contributed by atoms with E-state index in [2.05, 4.69) is 150 Å². The van der Waals surface area contributed by atoms with Crippen molar-refractivity contribution in [2.24, 2.45) is 0 Å². The normalized spacial score (nSPS) is 11.1. The standard InChI is InChI=1S/C50H35N3O/c51-49(36-16-5-2-6-17-36)54-50(52)37-28-26-35(27-29-37)41-20-7-9-22-43(41)44-23-10-8-21-42(44)39-30-31-48-46(33-39)45-24-11-12-25-47(45)53(48)40-19-13-18-38(32-40)34-14-3-1-4-15-34/h1-33,51-52H. The van der Waals surface area contributed by atoms with Gasteiger partial charge in [0, 0.05) is 27.6 Å². The molecular formula is C50H35N3O. The summed E-state index contributed by atoms with van der Waals surface area (Å²) in [6.45, 7) is 0. The summed E-state index contributed by atoms with van der Waals surface area (Å²) in [4.78, 5) is 0. The van der Waals surface area contributed by atoms with Gasteiger partial charge in [0.25, 0.3) is 0 Å². The van der Waals surface area contributed by atoms with Crippen LogP contribution in [0.1, 0.15) is 11.1 Å². The molecule has 0 spiro atoms. The first-order valence-corrected chi connectivity index (χ1v) is 18.0. The molecule has 9 aromatic rings. The zero-order valence-corrected chi connectivity index (χ0v) is 29.4. The Hall–Kier alpha value is -7.30. The highest BCUT2D eigenvalue weighted by Crippen LogP contribution is 2.41. The third-order valence-corrected chi connectivity index (χ3v) is 10.0. The van der Waals surface area contributed by atoms with E-state index in [4.69, 9.17) is 15.6 Å². The van der Waals surface area contributed by atoms with Crippen LogP contribution >= 0.6 is 0 Å². The first-order chi connectivity index (χ1) is 26.6. The molecule has 1 aromatic heterocycles. The number of aromatic nitrogens is 1. The van der Waals surface area contributed by atoms with Crippen molar-refractivity contribution >= 4 is 33.6 Å². The lowest BCUT2D eigenvalue weighted by Gasteiger charge is -2.16. The molecule has 0 bridgehead atoms. The molecule has 1 heterocycles. The number of nitrogens with one attached hydrogen (secondary N) is 2. The van der Waals surface area contributed by atoms with Crippen LogP contribution in [0.15, 0.2) is 200 Å². The maximum atomic E-state index is 8.52. The molecule has 0 saturated carbocycles. The highest BCUT2D eigenvalue weighted by molar-refractivity contribution is 6.11. The van der Waals surface area contributed by atoms with Crippen LogP contribution in [0.25, 0.3) is 72.0 Å². The van der Waals surface area contributed by atoms with E-state index in [1.165, 1.54) is 27.4 Å². The van der Waals surface area contributed by atoms with Crippen LogP contribution in [0.2, 0.25) is 0 Å². The number of nitrogens with zero attached hydrogens (tertiary/aromatic N) is 1.